The lowest BCUT2D eigenvalue weighted by molar-refractivity contribution is 0.0600. The van der Waals surface area contributed by atoms with Gasteiger partial charge < -0.3 is 20.4 Å². The van der Waals surface area contributed by atoms with Gasteiger partial charge >= 0.3 is 5.97 Å². The lowest BCUT2D eigenvalue weighted by Gasteiger charge is -2.13. The molecule has 0 atom stereocenters. The Kier molecular flexibility index (Phi) is 9.24. The summed E-state index contributed by atoms with van der Waals surface area (Å²) in [5, 5.41) is 0. The summed E-state index contributed by atoms with van der Waals surface area (Å²) in [5.41, 5.74) is 29.5. The smallest absolute Gasteiger partial charge is 0.337 e. The molecule has 2 aliphatic heterocycles. The number of nitrogens with one attached hydrogen (secondary N) is 2. The second-order valence-electron chi connectivity index (χ2n) is 15.7. The molecule has 0 saturated carbocycles. The predicted octanol–water partition coefficient (Wildman–Crippen LogP) is 12.5. The van der Waals surface area contributed by atoms with Crippen molar-refractivity contribution in [3.63, 3.8) is 0 Å². The van der Waals surface area contributed by atoms with Gasteiger partial charge in [0.2, 0.25) is 0 Å². The number of hydrogen-bond acceptors (Lipinski definition) is 5. The lowest BCUT2D eigenvalue weighted by atomic mass is 9.92. The first kappa shape index (κ1) is 37.3. The standard InChI is InChI=1S/C52H45N5O2/c1-28-24-30(3)46(31(4)25-28)50-42-20-16-38(54-42)48(34-8-10-36(11-9-34)52(58)59-7)39-17-21-43(55-39)51(47-32(5)26-29(2)27-33(47)6)45-23-19-41(57-45)49(40-18-22-44(50)56-40)35-12-14-37(53)15-13-35/h8-27,54,57H,53H2,1-7H3. The topological polar surface area (TPSA) is 110 Å². The molecule has 7 aromatic rings. The molecule has 3 aromatic heterocycles. The quantitative estimate of drug-likeness (QED) is 0.119. The maximum absolute atomic E-state index is 12.5. The van der Waals surface area contributed by atoms with Gasteiger partial charge in [-0.25, -0.2) is 14.8 Å². The highest BCUT2D eigenvalue weighted by Crippen LogP contribution is 2.41. The summed E-state index contributed by atoms with van der Waals surface area (Å²) in [4.78, 5) is 31.2. The lowest BCUT2D eigenvalue weighted by Crippen LogP contribution is -2.00. The van der Waals surface area contributed by atoms with Crippen LogP contribution in [0.1, 0.15) is 66.5 Å². The van der Waals surface area contributed by atoms with Crippen LogP contribution in [0.5, 0.6) is 0 Å². The van der Waals surface area contributed by atoms with Crippen LogP contribution in [-0.2, 0) is 4.74 Å². The zero-order valence-corrected chi connectivity index (χ0v) is 34.3. The summed E-state index contributed by atoms with van der Waals surface area (Å²) >= 11 is 0. The number of nitrogen functional groups attached to an aromatic ring is 1. The first-order valence-corrected chi connectivity index (χ1v) is 19.8. The Labute approximate surface area is 344 Å². The molecule has 0 aliphatic carbocycles. The van der Waals surface area contributed by atoms with Crippen LogP contribution in [0, 0.1) is 41.5 Å². The van der Waals surface area contributed by atoms with Crippen molar-refractivity contribution in [3.8, 4) is 44.5 Å². The van der Waals surface area contributed by atoms with E-state index in [1.54, 1.807) is 12.1 Å². The zero-order chi connectivity index (χ0) is 41.1. The van der Waals surface area contributed by atoms with Crippen molar-refractivity contribution < 1.29 is 9.53 Å². The molecule has 4 aromatic carbocycles. The third-order valence-corrected chi connectivity index (χ3v) is 11.4. The van der Waals surface area contributed by atoms with Crippen molar-refractivity contribution in [2.45, 2.75) is 41.5 Å². The normalized spacial score (nSPS) is 12.0. The first-order chi connectivity index (χ1) is 28.5. The van der Waals surface area contributed by atoms with Crippen LogP contribution in [0.15, 0.2) is 97.1 Å². The molecule has 0 spiro atoms. The predicted molar refractivity (Wildman–Crippen MR) is 245 cm³/mol. The average Bonchev–Trinajstić information content (AvgIpc) is 4.05. The molecule has 5 heterocycles. The Morgan fingerprint density at radius 2 is 0.814 bits per heavy atom. The molecule has 9 rings (SSSR count). The monoisotopic (exact) mass is 771 g/mol. The highest BCUT2D eigenvalue weighted by molar-refractivity contribution is 6.01. The van der Waals surface area contributed by atoms with E-state index in [0.717, 1.165) is 89.4 Å². The van der Waals surface area contributed by atoms with Crippen LogP contribution in [-0.4, -0.2) is 33.0 Å². The maximum atomic E-state index is 12.5. The molecule has 290 valence electrons. The SMILES string of the molecule is COC(=O)c1ccc(-c2c3nc(c(-c4c(C)cc(C)cc4C)c4ccc([nH]4)c(-c4ccc(N)cc4)c4nc(c(-c5c(C)cc(C)cc5C)c5ccc2[nH]5)C=C4)C=C3)cc1. The average molecular weight is 772 g/mol. The minimum Gasteiger partial charge on any atom is -0.465 e. The summed E-state index contributed by atoms with van der Waals surface area (Å²) in [5.74, 6) is -0.384. The molecule has 0 unspecified atom stereocenters. The van der Waals surface area contributed by atoms with Crippen molar-refractivity contribution in [2.24, 2.45) is 0 Å². The van der Waals surface area contributed by atoms with Crippen LogP contribution in [0.2, 0.25) is 0 Å². The number of aryl methyl sites for hydroxylation is 6. The summed E-state index contributed by atoms with van der Waals surface area (Å²) in [6.45, 7) is 12.9. The number of nitrogens with zero attached hydrogens (tertiary/aromatic N) is 2. The van der Waals surface area contributed by atoms with Crippen molar-refractivity contribution in [3.05, 3.63) is 159 Å². The van der Waals surface area contributed by atoms with Crippen molar-refractivity contribution >= 4 is 58.0 Å². The number of anilines is 1. The molecule has 0 saturated heterocycles. The number of nitrogens with two attached hydrogens (primary N) is 1. The van der Waals surface area contributed by atoms with Crippen LogP contribution in [0.25, 0.3) is 90.9 Å². The van der Waals surface area contributed by atoms with Crippen LogP contribution in [0.3, 0.4) is 0 Å². The number of aromatic nitrogens is 4. The number of carbonyl (C=O) groups is 1. The number of ether oxygens (including phenoxy) is 1. The number of benzene rings is 4. The van der Waals surface area contributed by atoms with Crippen molar-refractivity contribution in [2.75, 3.05) is 12.8 Å². The highest BCUT2D eigenvalue weighted by Gasteiger charge is 2.22. The van der Waals surface area contributed by atoms with E-state index in [9.17, 15) is 4.79 Å². The summed E-state index contributed by atoms with van der Waals surface area (Å²) < 4.78 is 5.04. The van der Waals surface area contributed by atoms with E-state index >= 15 is 0 Å². The van der Waals surface area contributed by atoms with Gasteiger partial charge in [0.05, 0.1) is 35.4 Å². The Morgan fingerprint density at radius 3 is 1.19 bits per heavy atom. The summed E-state index contributed by atoms with van der Waals surface area (Å²) in [6, 6.07) is 33.0. The third kappa shape index (κ3) is 6.64. The molecule has 4 N–H and O–H groups in total. The molecule has 8 bridgehead atoms. The molecule has 59 heavy (non-hydrogen) atoms. The number of H-pyrrole nitrogens is 2. The van der Waals surface area contributed by atoms with Gasteiger partial charge in [-0.15, -0.1) is 0 Å². The van der Waals surface area contributed by atoms with Gasteiger partial charge in [-0.1, -0.05) is 59.7 Å². The Hall–Kier alpha value is -7.25. The molecule has 7 heteroatoms. The largest absolute Gasteiger partial charge is 0.465 e. The van der Waals surface area contributed by atoms with E-state index in [1.165, 1.54) is 40.5 Å². The number of esters is 1. The number of carbonyl (C=O) groups excluding carboxylic acids is 1. The first-order valence-electron chi connectivity index (χ1n) is 19.8. The zero-order valence-electron chi connectivity index (χ0n) is 34.3. The Bertz CT molecular complexity index is 3000. The second kappa shape index (κ2) is 14.6. The van der Waals surface area contributed by atoms with E-state index in [0.29, 0.717) is 11.3 Å². The number of aromatic amines is 2. The van der Waals surface area contributed by atoms with Gasteiger partial charge in [-0.05, 0) is 159 Å². The van der Waals surface area contributed by atoms with Crippen molar-refractivity contribution in [1.82, 2.24) is 19.9 Å². The molecule has 0 fully saturated rings. The fourth-order valence-corrected chi connectivity index (χ4v) is 9.03. The van der Waals surface area contributed by atoms with Gasteiger partial charge in [-0.3, -0.25) is 0 Å². The fraction of sp³-hybridized carbons (Fsp3) is 0.135. The Morgan fingerprint density at radius 1 is 0.475 bits per heavy atom. The molecule has 2 aliphatic rings. The highest BCUT2D eigenvalue weighted by atomic mass is 16.5. The van der Waals surface area contributed by atoms with Gasteiger partial charge in [0.15, 0.2) is 0 Å². The third-order valence-electron chi connectivity index (χ3n) is 11.4. The van der Waals surface area contributed by atoms with E-state index in [1.807, 2.05) is 24.3 Å². The number of rotatable bonds is 5. The summed E-state index contributed by atoms with van der Waals surface area (Å²) in [6.07, 6.45) is 8.45. The summed E-state index contributed by atoms with van der Waals surface area (Å²) in [7, 11) is 1.40. The van der Waals surface area contributed by atoms with Crippen LogP contribution >= 0.6 is 0 Å². The molecular weight excluding hydrogens is 727 g/mol. The molecule has 7 nitrogen and oxygen atoms in total. The Balaban J connectivity index is 1.48. The van der Waals surface area contributed by atoms with Gasteiger partial charge in [0.1, 0.15) is 0 Å². The second-order valence-corrected chi connectivity index (χ2v) is 15.7. The van der Waals surface area contributed by atoms with Crippen molar-refractivity contribution in [1.29, 1.82) is 0 Å². The van der Waals surface area contributed by atoms with Gasteiger partial charge in [0, 0.05) is 50.0 Å². The molecule has 0 amide bonds. The minimum atomic E-state index is -0.384. The number of hydrogen-bond donors (Lipinski definition) is 3. The maximum Gasteiger partial charge on any atom is 0.337 e. The van der Waals surface area contributed by atoms with E-state index < -0.39 is 0 Å². The number of methoxy groups -OCH3 is 1. The van der Waals surface area contributed by atoms with Crippen LogP contribution < -0.4 is 5.73 Å². The van der Waals surface area contributed by atoms with E-state index in [-0.39, 0.29) is 5.97 Å². The number of fused-ring (bicyclic) bond motifs is 8. The minimum absolute atomic E-state index is 0.384. The van der Waals surface area contributed by atoms with E-state index in [2.05, 4.69) is 136 Å². The van der Waals surface area contributed by atoms with Crippen LogP contribution in [0.4, 0.5) is 5.69 Å². The van der Waals surface area contributed by atoms with Gasteiger partial charge in [0.25, 0.3) is 0 Å². The molecular formula is C52H45N5O2. The molecule has 0 radical (unpaired) electrons. The fourth-order valence-electron chi connectivity index (χ4n) is 9.03. The van der Waals surface area contributed by atoms with Gasteiger partial charge in [-0.2, -0.15) is 0 Å². The van der Waals surface area contributed by atoms with E-state index in [4.69, 9.17) is 20.4 Å².